The molecular formula is C44H49ClN4O6. The molecule has 0 radical (unpaired) electrons. The minimum absolute atomic E-state index is 0.164. The summed E-state index contributed by atoms with van der Waals surface area (Å²) in [6, 6.07) is 19.3. The SMILES string of the molecule is Cc1c(COc2cc(OCc3cncc(C#N)c3)c(CN3CCC[C@H]3C(=O)O)cc2Cl)cccc1-c1cccc(OCCCN2CCC3COCC3C2)c1C. The van der Waals surface area contributed by atoms with E-state index in [0.29, 0.717) is 54.1 Å². The van der Waals surface area contributed by atoms with E-state index in [-0.39, 0.29) is 13.2 Å². The number of rotatable bonds is 15. The number of fused-ring (bicyclic) bond motifs is 1. The summed E-state index contributed by atoms with van der Waals surface area (Å²) in [7, 11) is 0. The molecule has 3 aliphatic rings. The second-order valence-corrected chi connectivity index (χ2v) is 15.4. The van der Waals surface area contributed by atoms with Crippen molar-refractivity contribution in [2.45, 2.75) is 65.3 Å². The Labute approximate surface area is 328 Å². The zero-order valence-electron chi connectivity index (χ0n) is 31.6. The molecule has 10 nitrogen and oxygen atoms in total. The second kappa shape index (κ2) is 17.9. The Morgan fingerprint density at radius 1 is 0.927 bits per heavy atom. The maximum absolute atomic E-state index is 11.9. The van der Waals surface area contributed by atoms with Gasteiger partial charge >= 0.3 is 5.97 Å². The normalized spacial score (nSPS) is 19.9. The smallest absolute Gasteiger partial charge is 0.320 e. The van der Waals surface area contributed by atoms with Crippen LogP contribution in [0.4, 0.5) is 0 Å². The van der Waals surface area contributed by atoms with Gasteiger partial charge in [0.15, 0.2) is 0 Å². The Kier molecular flexibility index (Phi) is 12.5. The Bertz CT molecular complexity index is 2030. The number of nitriles is 1. The molecule has 0 spiro atoms. The van der Waals surface area contributed by atoms with Gasteiger partial charge in [0.05, 0.1) is 23.8 Å². The van der Waals surface area contributed by atoms with Crippen molar-refractivity contribution in [3.63, 3.8) is 0 Å². The minimum atomic E-state index is -0.834. The lowest BCUT2D eigenvalue weighted by atomic mass is 9.89. The van der Waals surface area contributed by atoms with Crippen molar-refractivity contribution in [2.24, 2.45) is 11.8 Å². The molecule has 4 heterocycles. The standard InChI is InChI=1S/C44H49ClN4O6/c1-29-33(7-3-8-37(29)38-9-4-11-41(30(38)2)53-16-6-13-48-15-12-34-26-52-27-36(34)23-48)28-55-43-19-42(54-25-32-17-31(20-46)21-47-22-32)35(18-39(43)45)24-49-14-5-10-40(49)44(50)51/h3-4,7-9,11,17-19,21-22,34,36,40H,5-6,10,12-16,23-28H2,1-2H3,(H,50,51)/t34?,36?,40-/m0/s1. The predicted molar refractivity (Wildman–Crippen MR) is 210 cm³/mol. The topological polar surface area (TPSA) is 117 Å². The van der Waals surface area contributed by atoms with Crippen LogP contribution >= 0.6 is 11.6 Å². The maximum Gasteiger partial charge on any atom is 0.320 e. The number of pyridine rings is 1. The summed E-state index contributed by atoms with van der Waals surface area (Å²) < 4.78 is 24.8. The molecule has 3 fully saturated rings. The van der Waals surface area contributed by atoms with Crippen molar-refractivity contribution in [3.8, 4) is 34.4 Å². The zero-order valence-corrected chi connectivity index (χ0v) is 32.4. The number of nitrogens with zero attached hydrogens (tertiary/aromatic N) is 4. The number of likely N-dealkylation sites (tertiary alicyclic amines) is 2. The highest BCUT2D eigenvalue weighted by Crippen LogP contribution is 2.38. The summed E-state index contributed by atoms with van der Waals surface area (Å²) >= 11 is 6.85. The van der Waals surface area contributed by atoms with Crippen molar-refractivity contribution in [3.05, 3.63) is 105 Å². The monoisotopic (exact) mass is 764 g/mol. The third-order valence-corrected chi connectivity index (χ3v) is 11.7. The summed E-state index contributed by atoms with van der Waals surface area (Å²) in [5.74, 6) is 2.49. The first-order valence-electron chi connectivity index (χ1n) is 19.3. The van der Waals surface area contributed by atoms with Crippen molar-refractivity contribution in [2.75, 3.05) is 46.0 Å². The fourth-order valence-corrected chi connectivity index (χ4v) is 8.45. The fourth-order valence-electron chi connectivity index (χ4n) is 8.21. The van der Waals surface area contributed by atoms with Crippen LogP contribution in [-0.4, -0.2) is 77.9 Å². The van der Waals surface area contributed by atoms with E-state index in [0.717, 1.165) is 96.3 Å². The zero-order chi connectivity index (χ0) is 38.3. The lowest BCUT2D eigenvalue weighted by Gasteiger charge is -2.33. The minimum Gasteiger partial charge on any atom is -0.493 e. The Morgan fingerprint density at radius 2 is 1.73 bits per heavy atom. The molecule has 1 aromatic heterocycles. The summed E-state index contributed by atoms with van der Waals surface area (Å²) in [5.41, 5.74) is 7.39. The molecule has 4 aromatic rings. The number of ether oxygens (including phenoxy) is 4. The van der Waals surface area contributed by atoms with E-state index < -0.39 is 12.0 Å². The maximum atomic E-state index is 11.9. The Hall–Kier alpha value is -4.66. The first kappa shape index (κ1) is 38.6. The molecule has 0 saturated carbocycles. The summed E-state index contributed by atoms with van der Waals surface area (Å²) in [6.45, 7) is 11.5. The van der Waals surface area contributed by atoms with Crippen LogP contribution in [0.5, 0.6) is 17.2 Å². The largest absolute Gasteiger partial charge is 0.493 e. The first-order valence-corrected chi connectivity index (χ1v) is 19.7. The van der Waals surface area contributed by atoms with E-state index in [1.165, 1.54) is 12.6 Å². The van der Waals surface area contributed by atoms with Crippen LogP contribution in [0.3, 0.4) is 0 Å². The third kappa shape index (κ3) is 9.25. The van der Waals surface area contributed by atoms with Crippen LogP contribution in [0.25, 0.3) is 11.1 Å². The number of hydrogen-bond donors (Lipinski definition) is 1. The van der Waals surface area contributed by atoms with E-state index in [2.05, 4.69) is 60.1 Å². The molecule has 3 aliphatic heterocycles. The number of hydrogen-bond acceptors (Lipinski definition) is 9. The van der Waals surface area contributed by atoms with Gasteiger partial charge in [-0.1, -0.05) is 41.9 Å². The molecule has 3 aromatic carbocycles. The molecular weight excluding hydrogens is 716 g/mol. The van der Waals surface area contributed by atoms with E-state index >= 15 is 0 Å². The lowest BCUT2D eigenvalue weighted by Crippen LogP contribution is -2.40. The summed E-state index contributed by atoms with van der Waals surface area (Å²) in [4.78, 5) is 20.6. The van der Waals surface area contributed by atoms with Gasteiger partial charge in [-0.2, -0.15) is 5.26 Å². The molecule has 0 amide bonds. The fraction of sp³-hybridized carbons (Fsp3) is 0.432. The van der Waals surface area contributed by atoms with Crippen molar-refractivity contribution < 1.29 is 28.8 Å². The van der Waals surface area contributed by atoms with Gasteiger partial charge in [-0.25, -0.2) is 0 Å². The number of aromatic nitrogens is 1. The number of halogens is 1. The number of carboxylic acid groups (broad SMARTS) is 1. The number of carboxylic acids is 1. The molecule has 55 heavy (non-hydrogen) atoms. The van der Waals surface area contributed by atoms with Crippen LogP contribution in [-0.2, 0) is 29.3 Å². The van der Waals surface area contributed by atoms with Crippen LogP contribution in [0, 0.1) is 37.0 Å². The molecule has 0 aliphatic carbocycles. The van der Waals surface area contributed by atoms with E-state index in [1.807, 2.05) is 11.0 Å². The van der Waals surface area contributed by atoms with Gasteiger partial charge in [-0.3, -0.25) is 14.7 Å². The highest BCUT2D eigenvalue weighted by Gasteiger charge is 2.34. The van der Waals surface area contributed by atoms with E-state index in [4.69, 9.17) is 30.5 Å². The second-order valence-electron chi connectivity index (χ2n) is 15.0. The van der Waals surface area contributed by atoms with E-state index in [1.54, 1.807) is 24.4 Å². The average Bonchev–Trinajstić information content (AvgIpc) is 3.87. The van der Waals surface area contributed by atoms with Gasteiger partial charge in [0, 0.05) is 61.7 Å². The summed E-state index contributed by atoms with van der Waals surface area (Å²) in [6.07, 6.45) is 6.78. The first-order chi connectivity index (χ1) is 26.8. The summed E-state index contributed by atoms with van der Waals surface area (Å²) in [5, 5.41) is 19.5. The quantitative estimate of drug-likeness (QED) is 0.120. The number of piperidine rings is 1. The van der Waals surface area contributed by atoms with Gasteiger partial charge in [0.1, 0.15) is 42.6 Å². The Balaban J connectivity index is 1.03. The van der Waals surface area contributed by atoms with Crippen LogP contribution in [0.1, 0.15) is 59.1 Å². The molecule has 11 heteroatoms. The molecule has 7 rings (SSSR count). The highest BCUT2D eigenvalue weighted by molar-refractivity contribution is 6.32. The van der Waals surface area contributed by atoms with E-state index in [9.17, 15) is 15.2 Å². The van der Waals surface area contributed by atoms with Gasteiger partial charge in [0.25, 0.3) is 0 Å². The van der Waals surface area contributed by atoms with Crippen molar-refractivity contribution in [1.82, 2.24) is 14.8 Å². The Morgan fingerprint density at radius 3 is 2.56 bits per heavy atom. The predicted octanol–water partition coefficient (Wildman–Crippen LogP) is 7.83. The average molecular weight is 765 g/mol. The van der Waals surface area contributed by atoms with Crippen molar-refractivity contribution in [1.29, 1.82) is 5.26 Å². The molecule has 1 N–H and O–H groups in total. The van der Waals surface area contributed by atoms with Crippen LogP contribution in [0.2, 0.25) is 5.02 Å². The van der Waals surface area contributed by atoms with Crippen molar-refractivity contribution >= 4 is 17.6 Å². The number of aliphatic carboxylic acids is 1. The molecule has 288 valence electrons. The van der Waals surface area contributed by atoms with Gasteiger partial charge < -0.3 is 29.0 Å². The number of carbonyl (C=O) groups is 1. The molecule has 2 unspecified atom stereocenters. The van der Waals surface area contributed by atoms with Crippen LogP contribution < -0.4 is 14.2 Å². The molecule has 3 saturated heterocycles. The molecule has 3 atom stereocenters. The lowest BCUT2D eigenvalue weighted by molar-refractivity contribution is -0.142. The van der Waals surface area contributed by atoms with Gasteiger partial charge in [-0.15, -0.1) is 0 Å². The number of benzene rings is 3. The molecule has 0 bridgehead atoms. The van der Waals surface area contributed by atoms with Crippen LogP contribution in [0.15, 0.2) is 67.0 Å². The van der Waals surface area contributed by atoms with Gasteiger partial charge in [-0.05, 0) is 105 Å². The highest BCUT2D eigenvalue weighted by atomic mass is 35.5. The van der Waals surface area contributed by atoms with Gasteiger partial charge in [0.2, 0.25) is 0 Å². The third-order valence-electron chi connectivity index (χ3n) is 11.4.